The topological polar surface area (TPSA) is 37.3 Å². The number of aliphatic carboxylic acids is 1. The highest BCUT2D eigenvalue weighted by molar-refractivity contribution is 5.76. The van der Waals surface area contributed by atoms with Crippen LogP contribution in [0.5, 0.6) is 0 Å². The molecule has 1 aliphatic rings. The van der Waals surface area contributed by atoms with Crippen LogP contribution in [0.15, 0.2) is 36.9 Å². The lowest BCUT2D eigenvalue weighted by atomic mass is 9.69. The number of hydrogen-bond acceptors (Lipinski definition) is 1. The Morgan fingerprint density at radius 2 is 2.31 bits per heavy atom. The number of benzene rings is 1. The van der Waals surface area contributed by atoms with Gasteiger partial charge in [-0.15, -0.1) is 6.58 Å². The lowest BCUT2D eigenvalue weighted by Crippen LogP contribution is -2.31. The van der Waals surface area contributed by atoms with E-state index in [9.17, 15) is 9.90 Å². The number of rotatable bonds is 4. The van der Waals surface area contributed by atoms with Gasteiger partial charge in [0, 0.05) is 0 Å². The molecular formula is C14H16O2. The van der Waals surface area contributed by atoms with Gasteiger partial charge in [-0.2, -0.15) is 0 Å². The average Bonchev–Trinajstić information content (AvgIpc) is 2.25. The van der Waals surface area contributed by atoms with E-state index in [-0.39, 0.29) is 0 Å². The molecule has 84 valence electrons. The minimum absolute atomic E-state index is 0.371. The molecular weight excluding hydrogens is 200 g/mol. The van der Waals surface area contributed by atoms with Gasteiger partial charge in [0.2, 0.25) is 0 Å². The molecule has 0 saturated heterocycles. The minimum Gasteiger partial charge on any atom is -0.481 e. The fourth-order valence-corrected chi connectivity index (χ4v) is 2.31. The van der Waals surface area contributed by atoms with Crippen molar-refractivity contribution in [2.45, 2.75) is 25.7 Å². The zero-order valence-corrected chi connectivity index (χ0v) is 9.44. The molecule has 2 unspecified atom stereocenters. The summed E-state index contributed by atoms with van der Waals surface area (Å²) in [6.07, 6.45) is 3.19. The first-order valence-electron chi connectivity index (χ1n) is 5.51. The van der Waals surface area contributed by atoms with E-state index in [0.29, 0.717) is 12.3 Å². The molecule has 0 aromatic heterocycles. The molecule has 2 nitrogen and oxygen atoms in total. The van der Waals surface area contributed by atoms with Crippen molar-refractivity contribution >= 4 is 5.97 Å². The molecule has 0 fully saturated rings. The Balaban J connectivity index is 2.14. The van der Waals surface area contributed by atoms with E-state index in [1.54, 1.807) is 13.0 Å². The Labute approximate surface area is 95.6 Å². The Morgan fingerprint density at radius 1 is 1.62 bits per heavy atom. The summed E-state index contributed by atoms with van der Waals surface area (Å²) >= 11 is 0. The Hall–Kier alpha value is -1.57. The van der Waals surface area contributed by atoms with E-state index in [2.05, 4.69) is 18.7 Å². The van der Waals surface area contributed by atoms with Crippen LogP contribution in [0.3, 0.4) is 0 Å². The maximum Gasteiger partial charge on any atom is 0.313 e. The van der Waals surface area contributed by atoms with Crippen LogP contribution < -0.4 is 0 Å². The summed E-state index contributed by atoms with van der Waals surface area (Å²) in [4.78, 5) is 11.2. The summed E-state index contributed by atoms with van der Waals surface area (Å²) in [5.41, 5.74) is 1.85. The fourth-order valence-electron chi connectivity index (χ4n) is 2.31. The van der Waals surface area contributed by atoms with Crippen molar-refractivity contribution in [2.75, 3.05) is 0 Å². The van der Waals surface area contributed by atoms with E-state index in [1.807, 2.05) is 12.1 Å². The second kappa shape index (κ2) is 3.78. The van der Waals surface area contributed by atoms with Crippen molar-refractivity contribution in [3.05, 3.63) is 48.0 Å². The van der Waals surface area contributed by atoms with E-state index in [4.69, 9.17) is 0 Å². The van der Waals surface area contributed by atoms with Gasteiger partial charge in [-0.25, -0.2) is 0 Å². The van der Waals surface area contributed by atoms with Gasteiger partial charge in [0.15, 0.2) is 0 Å². The quantitative estimate of drug-likeness (QED) is 0.785. The van der Waals surface area contributed by atoms with Crippen molar-refractivity contribution in [2.24, 2.45) is 5.41 Å². The van der Waals surface area contributed by atoms with Crippen LogP contribution >= 0.6 is 0 Å². The first kappa shape index (κ1) is 10.9. The predicted molar refractivity (Wildman–Crippen MR) is 63.4 cm³/mol. The molecule has 1 aromatic carbocycles. The van der Waals surface area contributed by atoms with Crippen molar-refractivity contribution < 1.29 is 9.90 Å². The highest BCUT2D eigenvalue weighted by atomic mass is 16.4. The summed E-state index contributed by atoms with van der Waals surface area (Å²) < 4.78 is 0. The zero-order chi connectivity index (χ0) is 11.8. The van der Waals surface area contributed by atoms with E-state index in [0.717, 1.165) is 6.42 Å². The smallest absolute Gasteiger partial charge is 0.313 e. The zero-order valence-electron chi connectivity index (χ0n) is 9.44. The third kappa shape index (κ3) is 1.64. The third-order valence-electron chi connectivity index (χ3n) is 3.57. The van der Waals surface area contributed by atoms with Gasteiger partial charge < -0.3 is 5.11 Å². The summed E-state index contributed by atoms with van der Waals surface area (Å²) in [6, 6.07) is 8.24. The number of fused-ring (bicyclic) bond motifs is 1. The Bertz CT molecular complexity index is 436. The molecule has 0 spiro atoms. The molecule has 1 aromatic rings. The maximum absolute atomic E-state index is 11.2. The van der Waals surface area contributed by atoms with E-state index in [1.165, 1.54) is 11.1 Å². The maximum atomic E-state index is 11.2. The molecule has 0 radical (unpaired) electrons. The van der Waals surface area contributed by atoms with Crippen molar-refractivity contribution in [1.29, 1.82) is 0 Å². The summed E-state index contributed by atoms with van der Waals surface area (Å²) in [7, 11) is 0. The molecule has 2 heteroatoms. The predicted octanol–water partition coefficient (Wildman–Crippen LogP) is 2.99. The monoisotopic (exact) mass is 216 g/mol. The molecule has 1 N–H and O–H groups in total. The van der Waals surface area contributed by atoms with Gasteiger partial charge in [0.25, 0.3) is 0 Å². The van der Waals surface area contributed by atoms with Crippen LogP contribution in [0.1, 0.15) is 30.4 Å². The number of carboxylic acid groups (broad SMARTS) is 1. The average molecular weight is 216 g/mol. The van der Waals surface area contributed by atoms with Crippen LogP contribution in [-0.4, -0.2) is 11.1 Å². The minimum atomic E-state index is -0.807. The van der Waals surface area contributed by atoms with Crippen molar-refractivity contribution in [3.8, 4) is 0 Å². The Morgan fingerprint density at radius 3 is 2.88 bits per heavy atom. The van der Waals surface area contributed by atoms with Gasteiger partial charge in [0.1, 0.15) is 0 Å². The molecule has 2 atom stereocenters. The number of carbonyl (C=O) groups is 1. The van der Waals surface area contributed by atoms with Crippen molar-refractivity contribution in [3.63, 3.8) is 0 Å². The van der Waals surface area contributed by atoms with Gasteiger partial charge in [0.05, 0.1) is 5.41 Å². The van der Waals surface area contributed by atoms with Crippen LogP contribution in [0, 0.1) is 5.41 Å². The molecule has 2 rings (SSSR count). The first-order chi connectivity index (χ1) is 7.57. The summed E-state index contributed by atoms with van der Waals surface area (Å²) in [5, 5.41) is 9.18. The summed E-state index contributed by atoms with van der Waals surface area (Å²) in [5.74, 6) is -0.415. The molecule has 1 aliphatic carbocycles. The number of hydrogen-bond donors (Lipinski definition) is 1. The largest absolute Gasteiger partial charge is 0.481 e. The van der Waals surface area contributed by atoms with Crippen LogP contribution in [-0.2, 0) is 11.2 Å². The van der Waals surface area contributed by atoms with Gasteiger partial charge in [-0.1, -0.05) is 30.3 Å². The molecule has 0 bridgehead atoms. The second-order valence-corrected chi connectivity index (χ2v) is 4.73. The summed E-state index contributed by atoms with van der Waals surface area (Å²) in [6.45, 7) is 5.38. The lowest BCUT2D eigenvalue weighted by Gasteiger charge is -2.35. The Kier molecular flexibility index (Phi) is 2.58. The first-order valence-corrected chi connectivity index (χ1v) is 5.51. The SMILES string of the molecule is C=CC(C)(CC1Cc2ccccc21)C(=O)O. The van der Waals surface area contributed by atoms with Crippen LogP contribution in [0.25, 0.3) is 0 Å². The number of carboxylic acids is 1. The van der Waals surface area contributed by atoms with E-state index < -0.39 is 11.4 Å². The molecule has 0 aliphatic heterocycles. The van der Waals surface area contributed by atoms with Gasteiger partial charge >= 0.3 is 5.97 Å². The highest BCUT2D eigenvalue weighted by Crippen LogP contribution is 2.43. The van der Waals surface area contributed by atoms with Gasteiger partial charge in [-0.05, 0) is 36.8 Å². The lowest BCUT2D eigenvalue weighted by molar-refractivity contribution is -0.145. The highest BCUT2D eigenvalue weighted by Gasteiger charge is 2.37. The molecule has 0 amide bonds. The van der Waals surface area contributed by atoms with Crippen LogP contribution in [0.2, 0.25) is 0 Å². The van der Waals surface area contributed by atoms with Crippen LogP contribution in [0.4, 0.5) is 0 Å². The fraction of sp³-hybridized carbons (Fsp3) is 0.357. The molecule has 0 heterocycles. The van der Waals surface area contributed by atoms with E-state index >= 15 is 0 Å². The van der Waals surface area contributed by atoms with Gasteiger partial charge in [-0.3, -0.25) is 4.79 Å². The standard InChI is InChI=1S/C14H16O2/c1-3-14(2,13(15)16)9-11-8-10-6-4-5-7-12(10)11/h3-7,11H,1,8-9H2,2H3,(H,15,16). The van der Waals surface area contributed by atoms with Crippen molar-refractivity contribution in [1.82, 2.24) is 0 Å². The molecule has 16 heavy (non-hydrogen) atoms. The second-order valence-electron chi connectivity index (χ2n) is 4.73. The normalized spacial score (nSPS) is 21.4. The molecule has 0 saturated carbocycles. The third-order valence-corrected chi connectivity index (χ3v) is 3.57.